The number of ether oxygens (including phenoxy) is 1. The van der Waals surface area contributed by atoms with Gasteiger partial charge in [0.1, 0.15) is 11.4 Å². The number of phenols is 1. The number of aromatic nitrogens is 3. The molecule has 3 heterocycles. The van der Waals surface area contributed by atoms with Crippen LogP contribution in [0.15, 0.2) is 54.7 Å². The van der Waals surface area contributed by atoms with E-state index in [9.17, 15) is 9.90 Å². The van der Waals surface area contributed by atoms with Gasteiger partial charge in [-0.25, -0.2) is 14.3 Å². The maximum Gasteiger partial charge on any atom is 0.413 e. The van der Waals surface area contributed by atoms with Gasteiger partial charge in [-0.05, 0) is 42.3 Å². The number of anilines is 2. The summed E-state index contributed by atoms with van der Waals surface area (Å²) in [6.07, 6.45) is 1.21. The lowest BCUT2D eigenvalue weighted by Gasteiger charge is -2.20. The summed E-state index contributed by atoms with van der Waals surface area (Å²) in [5.74, 6) is 0.414. The third kappa shape index (κ3) is 2.81. The number of carbonyl (C=O) groups is 1. The SMILES string of the molecule is COC(=O)Nc1nc2c3c(ccn3n1)C(c1ccc(O)c(C)c1)Nc1ccccc1-2. The van der Waals surface area contributed by atoms with Crippen LogP contribution in [-0.2, 0) is 4.74 Å². The van der Waals surface area contributed by atoms with Gasteiger partial charge in [0.15, 0.2) is 0 Å². The van der Waals surface area contributed by atoms with Gasteiger partial charge in [0, 0.05) is 23.0 Å². The largest absolute Gasteiger partial charge is 0.508 e. The van der Waals surface area contributed by atoms with E-state index >= 15 is 0 Å². The van der Waals surface area contributed by atoms with Crippen LogP contribution in [0.1, 0.15) is 22.7 Å². The van der Waals surface area contributed by atoms with Crippen molar-refractivity contribution in [2.75, 3.05) is 17.7 Å². The third-order valence-electron chi connectivity index (χ3n) is 5.29. The highest BCUT2D eigenvalue weighted by atomic mass is 16.5. The number of aryl methyl sites for hydroxylation is 1. The number of para-hydroxylation sites is 1. The van der Waals surface area contributed by atoms with Crippen molar-refractivity contribution < 1.29 is 14.6 Å². The van der Waals surface area contributed by atoms with Crippen molar-refractivity contribution in [3.05, 3.63) is 71.4 Å². The van der Waals surface area contributed by atoms with Gasteiger partial charge in [0.25, 0.3) is 5.95 Å². The fourth-order valence-electron chi connectivity index (χ4n) is 3.83. The Morgan fingerprint density at radius 2 is 2.07 bits per heavy atom. The van der Waals surface area contributed by atoms with Crippen molar-refractivity contribution in [3.63, 3.8) is 0 Å². The number of hydrogen-bond acceptors (Lipinski definition) is 6. The Bertz CT molecular complexity index is 1300. The Morgan fingerprint density at radius 3 is 2.87 bits per heavy atom. The number of nitrogens with one attached hydrogen (secondary N) is 2. The van der Waals surface area contributed by atoms with Crippen LogP contribution in [-0.4, -0.2) is 32.9 Å². The molecular weight excluding hydrogens is 382 g/mol. The van der Waals surface area contributed by atoms with Gasteiger partial charge in [-0.1, -0.05) is 24.3 Å². The number of carbonyl (C=O) groups excluding carboxylic acids is 1. The fourth-order valence-corrected chi connectivity index (χ4v) is 3.83. The van der Waals surface area contributed by atoms with Crippen molar-refractivity contribution in [3.8, 4) is 17.0 Å². The Balaban J connectivity index is 1.76. The van der Waals surface area contributed by atoms with E-state index in [-0.39, 0.29) is 17.7 Å². The van der Waals surface area contributed by atoms with E-state index in [0.29, 0.717) is 5.69 Å². The van der Waals surface area contributed by atoms with E-state index in [2.05, 4.69) is 25.5 Å². The molecule has 0 aliphatic carbocycles. The van der Waals surface area contributed by atoms with E-state index in [1.807, 2.05) is 55.6 Å². The normalized spacial score (nSPS) is 14.5. The molecular formula is C22H19N5O3. The summed E-state index contributed by atoms with van der Waals surface area (Å²) in [4.78, 5) is 16.3. The minimum absolute atomic E-state index is 0.153. The molecule has 30 heavy (non-hydrogen) atoms. The van der Waals surface area contributed by atoms with Gasteiger partial charge in [0.2, 0.25) is 0 Å². The second-order valence-corrected chi connectivity index (χ2v) is 7.13. The van der Waals surface area contributed by atoms with Crippen molar-refractivity contribution in [2.45, 2.75) is 13.0 Å². The number of nitrogens with zero attached hydrogens (tertiary/aromatic N) is 3. The molecule has 150 valence electrons. The standard InChI is InChI=1S/C22H19N5O3/c1-12-11-13(7-8-17(12)28)18-15-9-10-27-20(15)19(14-5-3-4-6-16(14)23-18)24-21(26-27)25-22(29)30-2/h3-11,18,23,28H,1-2H3,(H,25,26,29). The molecule has 0 fully saturated rings. The summed E-state index contributed by atoms with van der Waals surface area (Å²) in [6, 6.07) is 15.3. The van der Waals surface area contributed by atoms with Crippen LogP contribution in [0.2, 0.25) is 0 Å². The van der Waals surface area contributed by atoms with Gasteiger partial charge in [-0.3, -0.25) is 5.32 Å². The van der Waals surface area contributed by atoms with Crippen LogP contribution in [0.25, 0.3) is 16.8 Å². The lowest BCUT2D eigenvalue weighted by atomic mass is 9.98. The summed E-state index contributed by atoms with van der Waals surface area (Å²) in [5.41, 5.74) is 6.17. The van der Waals surface area contributed by atoms with Gasteiger partial charge in [0.05, 0.1) is 18.7 Å². The fraction of sp³-hybridized carbons (Fsp3) is 0.136. The summed E-state index contributed by atoms with van der Waals surface area (Å²) in [5, 5.41) is 20.5. The molecule has 8 nitrogen and oxygen atoms in total. The molecule has 0 radical (unpaired) electrons. The van der Waals surface area contributed by atoms with E-state index in [0.717, 1.165) is 33.5 Å². The molecule has 1 aliphatic heterocycles. The number of benzene rings is 2. The first-order valence-corrected chi connectivity index (χ1v) is 9.45. The van der Waals surface area contributed by atoms with Crippen molar-refractivity contribution >= 4 is 23.2 Å². The first-order valence-electron chi connectivity index (χ1n) is 9.45. The first kappa shape index (κ1) is 18.0. The van der Waals surface area contributed by atoms with E-state index in [1.54, 1.807) is 10.6 Å². The minimum Gasteiger partial charge on any atom is -0.508 e. The molecule has 1 amide bonds. The number of amides is 1. The Morgan fingerprint density at radius 1 is 1.23 bits per heavy atom. The monoisotopic (exact) mass is 401 g/mol. The Kier molecular flexibility index (Phi) is 4.06. The first-order chi connectivity index (χ1) is 14.5. The summed E-state index contributed by atoms with van der Waals surface area (Å²) < 4.78 is 6.39. The Hall–Kier alpha value is -4.07. The molecule has 0 saturated heterocycles. The summed E-state index contributed by atoms with van der Waals surface area (Å²) in [7, 11) is 1.29. The zero-order chi connectivity index (χ0) is 20.8. The predicted molar refractivity (Wildman–Crippen MR) is 113 cm³/mol. The topological polar surface area (TPSA) is 101 Å². The molecule has 1 atom stereocenters. The van der Waals surface area contributed by atoms with Crippen LogP contribution in [0.4, 0.5) is 16.4 Å². The van der Waals surface area contributed by atoms with Crippen LogP contribution in [0.5, 0.6) is 5.75 Å². The number of methoxy groups -OCH3 is 1. The molecule has 0 spiro atoms. The third-order valence-corrected chi connectivity index (χ3v) is 5.29. The lowest BCUT2D eigenvalue weighted by molar-refractivity contribution is 0.186. The van der Waals surface area contributed by atoms with Crippen LogP contribution in [0.3, 0.4) is 0 Å². The average Bonchev–Trinajstić information content (AvgIpc) is 3.11. The van der Waals surface area contributed by atoms with Gasteiger partial charge in [-0.2, -0.15) is 0 Å². The second-order valence-electron chi connectivity index (χ2n) is 7.13. The quantitative estimate of drug-likeness (QED) is 0.467. The molecule has 2 aromatic heterocycles. The van der Waals surface area contributed by atoms with Gasteiger partial charge >= 0.3 is 6.09 Å². The molecule has 1 aliphatic rings. The van der Waals surface area contributed by atoms with Crippen LogP contribution >= 0.6 is 0 Å². The van der Waals surface area contributed by atoms with Gasteiger partial charge < -0.3 is 15.2 Å². The molecule has 2 aromatic carbocycles. The maximum absolute atomic E-state index is 11.7. The van der Waals surface area contributed by atoms with Crippen molar-refractivity contribution in [2.24, 2.45) is 0 Å². The molecule has 0 saturated carbocycles. The summed E-state index contributed by atoms with van der Waals surface area (Å²) in [6.45, 7) is 1.88. The highest BCUT2D eigenvalue weighted by Crippen LogP contribution is 2.42. The number of phenolic OH excluding ortho intramolecular Hbond substituents is 1. The molecule has 3 N–H and O–H groups in total. The van der Waals surface area contributed by atoms with E-state index in [4.69, 9.17) is 0 Å². The van der Waals surface area contributed by atoms with E-state index < -0.39 is 6.09 Å². The van der Waals surface area contributed by atoms with Gasteiger partial charge in [-0.15, -0.1) is 5.10 Å². The number of aromatic hydroxyl groups is 1. The van der Waals surface area contributed by atoms with Crippen LogP contribution < -0.4 is 10.6 Å². The number of hydrogen-bond donors (Lipinski definition) is 3. The Labute approximate surface area is 172 Å². The number of rotatable bonds is 2. The lowest BCUT2D eigenvalue weighted by Crippen LogP contribution is -2.15. The highest BCUT2D eigenvalue weighted by molar-refractivity contribution is 5.91. The van der Waals surface area contributed by atoms with E-state index in [1.165, 1.54) is 7.11 Å². The second kappa shape index (κ2) is 6.77. The minimum atomic E-state index is -0.633. The predicted octanol–water partition coefficient (Wildman–Crippen LogP) is 4.10. The average molecular weight is 401 g/mol. The molecule has 5 rings (SSSR count). The molecule has 1 unspecified atom stereocenters. The zero-order valence-corrected chi connectivity index (χ0v) is 16.4. The van der Waals surface area contributed by atoms with Crippen molar-refractivity contribution in [1.29, 1.82) is 0 Å². The van der Waals surface area contributed by atoms with Crippen LogP contribution in [0, 0.1) is 6.92 Å². The highest BCUT2D eigenvalue weighted by Gasteiger charge is 2.27. The molecule has 4 aromatic rings. The maximum atomic E-state index is 11.7. The molecule has 8 heteroatoms. The van der Waals surface area contributed by atoms with Crippen molar-refractivity contribution in [1.82, 2.24) is 14.6 Å². The zero-order valence-electron chi connectivity index (χ0n) is 16.4. The molecule has 0 bridgehead atoms. The summed E-state index contributed by atoms with van der Waals surface area (Å²) >= 11 is 0. The smallest absolute Gasteiger partial charge is 0.413 e. The number of fused-ring (bicyclic) bond motifs is 2.